The van der Waals surface area contributed by atoms with Crippen LogP contribution in [0.3, 0.4) is 0 Å². The molecule has 0 unspecified atom stereocenters. The van der Waals surface area contributed by atoms with Crippen molar-refractivity contribution in [3.8, 4) is 0 Å². The third kappa shape index (κ3) is 28.3. The predicted octanol–water partition coefficient (Wildman–Crippen LogP) is -1.17. The first-order valence-electron chi connectivity index (χ1n) is 11.4. The summed E-state index contributed by atoms with van der Waals surface area (Å²) in [5.74, 6) is -1.27. The summed E-state index contributed by atoms with van der Waals surface area (Å²) in [6.45, 7) is 6.96. The van der Waals surface area contributed by atoms with Crippen molar-refractivity contribution in [3.05, 3.63) is 0 Å². The van der Waals surface area contributed by atoms with Gasteiger partial charge in [0, 0.05) is 13.0 Å². The van der Waals surface area contributed by atoms with E-state index in [4.69, 9.17) is 38.3 Å². The van der Waals surface area contributed by atoms with E-state index >= 15 is 0 Å². The lowest BCUT2D eigenvalue weighted by atomic mass is 10.3. The minimum absolute atomic E-state index is 0.176. The van der Waals surface area contributed by atoms with E-state index in [0.29, 0.717) is 105 Å². The molecular formula is C21H40N2O11. The number of aliphatic carboxylic acids is 1. The summed E-state index contributed by atoms with van der Waals surface area (Å²) in [6.07, 6.45) is 1.10. The molecular weight excluding hydrogens is 456 g/mol. The van der Waals surface area contributed by atoms with Crippen LogP contribution in [0.25, 0.3) is 0 Å². The second-order valence-electron chi connectivity index (χ2n) is 6.66. The molecule has 0 radical (unpaired) electrons. The molecule has 0 spiro atoms. The van der Waals surface area contributed by atoms with Crippen LogP contribution in [0.15, 0.2) is 0 Å². The van der Waals surface area contributed by atoms with Crippen LogP contribution in [-0.4, -0.2) is 129 Å². The van der Waals surface area contributed by atoms with E-state index in [0.717, 1.165) is 0 Å². The molecule has 0 aromatic heterocycles. The maximum absolute atomic E-state index is 10.9. The van der Waals surface area contributed by atoms with Crippen LogP contribution in [0.1, 0.15) is 12.8 Å². The molecule has 200 valence electrons. The number of ether oxygens (including phenoxy) is 7. The van der Waals surface area contributed by atoms with Gasteiger partial charge in [-0.1, -0.05) is 0 Å². The fourth-order valence-corrected chi connectivity index (χ4v) is 2.23. The van der Waals surface area contributed by atoms with E-state index in [-0.39, 0.29) is 19.6 Å². The van der Waals surface area contributed by atoms with E-state index in [1.807, 2.05) is 5.32 Å². The van der Waals surface area contributed by atoms with Crippen molar-refractivity contribution >= 4 is 18.3 Å². The molecule has 3 N–H and O–H groups in total. The highest BCUT2D eigenvalue weighted by Crippen LogP contribution is 1.87. The molecule has 0 fully saturated rings. The zero-order chi connectivity index (χ0) is 25.0. The third-order valence-corrected chi connectivity index (χ3v) is 3.85. The minimum Gasteiger partial charge on any atom is -0.481 e. The first-order valence-corrected chi connectivity index (χ1v) is 11.4. The van der Waals surface area contributed by atoms with Crippen molar-refractivity contribution in [2.75, 3.05) is 106 Å². The fraction of sp³-hybridized carbons (Fsp3) is 0.857. The van der Waals surface area contributed by atoms with Crippen LogP contribution in [0, 0.1) is 0 Å². The van der Waals surface area contributed by atoms with Crippen molar-refractivity contribution < 1.29 is 52.6 Å². The van der Waals surface area contributed by atoms with E-state index in [1.165, 1.54) is 0 Å². The summed E-state index contributed by atoms with van der Waals surface area (Å²) in [7, 11) is 0. The lowest BCUT2D eigenvalue weighted by molar-refractivity contribution is -0.137. The SMILES string of the molecule is O=CNC(=O)COCCOCCOCCOCCOCCOCCOCCNCCCC(=O)O. The molecule has 13 heteroatoms. The fourth-order valence-electron chi connectivity index (χ4n) is 2.23. The molecule has 2 amide bonds. The van der Waals surface area contributed by atoms with Crippen LogP contribution in [0.4, 0.5) is 0 Å². The summed E-state index contributed by atoms with van der Waals surface area (Å²) < 4.78 is 37.2. The van der Waals surface area contributed by atoms with Crippen LogP contribution < -0.4 is 10.6 Å². The molecule has 0 aromatic carbocycles. The summed E-state index contributed by atoms with van der Waals surface area (Å²) in [5, 5.41) is 13.6. The van der Waals surface area contributed by atoms with E-state index in [9.17, 15) is 14.4 Å². The summed E-state index contributed by atoms with van der Waals surface area (Å²) >= 11 is 0. The van der Waals surface area contributed by atoms with Crippen LogP contribution >= 0.6 is 0 Å². The van der Waals surface area contributed by atoms with Gasteiger partial charge in [-0.3, -0.25) is 19.7 Å². The molecule has 0 bridgehead atoms. The Morgan fingerprint density at radius 2 is 1.03 bits per heavy atom. The van der Waals surface area contributed by atoms with Gasteiger partial charge < -0.3 is 43.6 Å². The molecule has 13 nitrogen and oxygen atoms in total. The van der Waals surface area contributed by atoms with Gasteiger partial charge in [0.05, 0.1) is 85.9 Å². The lowest BCUT2D eigenvalue weighted by Gasteiger charge is -2.08. The normalized spacial score (nSPS) is 10.9. The van der Waals surface area contributed by atoms with E-state index in [1.54, 1.807) is 0 Å². The molecule has 0 aliphatic carbocycles. The van der Waals surface area contributed by atoms with Gasteiger partial charge in [-0.2, -0.15) is 0 Å². The van der Waals surface area contributed by atoms with Gasteiger partial charge in [-0.15, -0.1) is 0 Å². The van der Waals surface area contributed by atoms with Crippen molar-refractivity contribution in [2.45, 2.75) is 12.8 Å². The Labute approximate surface area is 200 Å². The number of imide groups is 1. The molecule has 0 aromatic rings. The second-order valence-corrected chi connectivity index (χ2v) is 6.66. The zero-order valence-corrected chi connectivity index (χ0v) is 19.8. The molecule has 0 heterocycles. The van der Waals surface area contributed by atoms with Crippen LogP contribution in [-0.2, 0) is 47.5 Å². The van der Waals surface area contributed by atoms with Crippen molar-refractivity contribution in [1.29, 1.82) is 0 Å². The highest BCUT2D eigenvalue weighted by molar-refractivity contribution is 5.86. The Morgan fingerprint density at radius 3 is 1.44 bits per heavy atom. The maximum atomic E-state index is 10.9. The van der Waals surface area contributed by atoms with Crippen molar-refractivity contribution in [2.24, 2.45) is 0 Å². The Balaban J connectivity index is 3.06. The molecule has 0 aliphatic rings. The average molecular weight is 497 g/mol. The first kappa shape index (κ1) is 32.3. The molecule has 0 atom stereocenters. The first-order chi connectivity index (χ1) is 16.7. The Kier molecular flexibility index (Phi) is 26.1. The zero-order valence-electron chi connectivity index (χ0n) is 19.8. The van der Waals surface area contributed by atoms with Gasteiger partial charge in [0.25, 0.3) is 5.91 Å². The Bertz CT molecular complexity index is 484. The van der Waals surface area contributed by atoms with Gasteiger partial charge in [0.2, 0.25) is 6.41 Å². The van der Waals surface area contributed by atoms with Crippen LogP contribution in [0.2, 0.25) is 0 Å². The van der Waals surface area contributed by atoms with E-state index in [2.05, 4.69) is 5.32 Å². The van der Waals surface area contributed by atoms with Crippen molar-refractivity contribution in [1.82, 2.24) is 10.6 Å². The third-order valence-electron chi connectivity index (χ3n) is 3.85. The second kappa shape index (κ2) is 27.5. The summed E-state index contributed by atoms with van der Waals surface area (Å²) in [6, 6.07) is 0. The molecule has 0 saturated heterocycles. The van der Waals surface area contributed by atoms with Gasteiger partial charge in [0.1, 0.15) is 6.61 Å². The molecule has 0 saturated carbocycles. The number of carbonyl (C=O) groups is 3. The van der Waals surface area contributed by atoms with Gasteiger partial charge in [-0.05, 0) is 13.0 Å². The molecule has 34 heavy (non-hydrogen) atoms. The lowest BCUT2D eigenvalue weighted by Crippen LogP contribution is -2.26. The average Bonchev–Trinajstić information content (AvgIpc) is 2.81. The van der Waals surface area contributed by atoms with Gasteiger partial charge in [0.15, 0.2) is 0 Å². The quantitative estimate of drug-likeness (QED) is 0.0881. The Morgan fingerprint density at radius 1 is 0.618 bits per heavy atom. The minimum atomic E-state index is -0.778. The highest BCUT2D eigenvalue weighted by atomic mass is 16.6. The standard InChI is InChI=1S/C21H40N2O11/c24-19-23-20(25)18-34-17-16-33-15-14-32-13-12-31-11-10-30-9-8-29-7-6-28-5-4-22-3-1-2-21(26)27/h19,22H,1-18H2,(H,26,27)(H,23,24,25). The van der Waals surface area contributed by atoms with Crippen LogP contribution in [0.5, 0.6) is 0 Å². The smallest absolute Gasteiger partial charge is 0.303 e. The van der Waals surface area contributed by atoms with Gasteiger partial charge >= 0.3 is 5.97 Å². The number of carboxylic acid groups (broad SMARTS) is 1. The van der Waals surface area contributed by atoms with E-state index < -0.39 is 11.9 Å². The predicted molar refractivity (Wildman–Crippen MR) is 120 cm³/mol. The number of carbonyl (C=O) groups excluding carboxylic acids is 2. The van der Waals surface area contributed by atoms with Crippen molar-refractivity contribution in [3.63, 3.8) is 0 Å². The Hall–Kier alpha value is -1.71. The summed E-state index contributed by atoms with van der Waals surface area (Å²) in [5.41, 5.74) is 0. The number of carboxylic acids is 1. The molecule has 0 rings (SSSR count). The number of hydrogen-bond donors (Lipinski definition) is 3. The largest absolute Gasteiger partial charge is 0.481 e. The topological polar surface area (TPSA) is 160 Å². The number of rotatable bonds is 28. The monoisotopic (exact) mass is 496 g/mol. The maximum Gasteiger partial charge on any atom is 0.303 e. The number of nitrogens with one attached hydrogen (secondary N) is 2. The highest BCUT2D eigenvalue weighted by Gasteiger charge is 1.99. The number of hydrogen-bond acceptors (Lipinski definition) is 11. The number of amides is 2. The molecule has 0 aliphatic heterocycles. The van der Waals surface area contributed by atoms with Gasteiger partial charge in [-0.25, -0.2) is 0 Å². The summed E-state index contributed by atoms with van der Waals surface area (Å²) in [4.78, 5) is 31.3.